The van der Waals surface area contributed by atoms with Gasteiger partial charge in [-0.1, -0.05) is 24.3 Å². The van der Waals surface area contributed by atoms with E-state index in [2.05, 4.69) is 44.8 Å². The number of benzene rings is 2. The normalized spacial score (nSPS) is 10.8. The molecule has 0 aromatic heterocycles. The summed E-state index contributed by atoms with van der Waals surface area (Å²) in [6.07, 6.45) is 0. The van der Waals surface area contributed by atoms with E-state index in [1.807, 2.05) is 27.1 Å². The largest absolute Gasteiger partial charge is 0.378 e. The SMILES string of the molecule is CCNC(=NCc1cccc(F)c1)NCc1ccc(N(C)C)cc1.I. The Hall–Kier alpha value is -1.83. The molecule has 0 fully saturated rings. The van der Waals surface area contributed by atoms with Crippen LogP contribution in [0.5, 0.6) is 0 Å². The van der Waals surface area contributed by atoms with E-state index in [9.17, 15) is 4.39 Å². The van der Waals surface area contributed by atoms with Crippen molar-refractivity contribution in [2.45, 2.75) is 20.0 Å². The summed E-state index contributed by atoms with van der Waals surface area (Å²) in [6.45, 7) is 3.91. The molecule has 0 bridgehead atoms. The minimum Gasteiger partial charge on any atom is -0.378 e. The molecule has 0 heterocycles. The van der Waals surface area contributed by atoms with Crippen LogP contribution in [0, 0.1) is 5.82 Å². The van der Waals surface area contributed by atoms with Crippen molar-refractivity contribution >= 4 is 35.6 Å². The van der Waals surface area contributed by atoms with Gasteiger partial charge in [0.1, 0.15) is 5.82 Å². The maximum Gasteiger partial charge on any atom is 0.191 e. The third kappa shape index (κ3) is 7.29. The zero-order valence-electron chi connectivity index (χ0n) is 14.9. The predicted molar refractivity (Wildman–Crippen MR) is 114 cm³/mol. The topological polar surface area (TPSA) is 39.7 Å². The van der Waals surface area contributed by atoms with Crippen LogP contribution in [-0.4, -0.2) is 26.6 Å². The quantitative estimate of drug-likeness (QED) is 0.395. The lowest BCUT2D eigenvalue weighted by Crippen LogP contribution is -2.36. The minimum absolute atomic E-state index is 0. The number of anilines is 1. The van der Waals surface area contributed by atoms with E-state index >= 15 is 0 Å². The van der Waals surface area contributed by atoms with E-state index in [0.29, 0.717) is 13.1 Å². The summed E-state index contributed by atoms with van der Waals surface area (Å²) in [6, 6.07) is 14.9. The van der Waals surface area contributed by atoms with Gasteiger partial charge in [0.05, 0.1) is 6.54 Å². The van der Waals surface area contributed by atoms with Crippen LogP contribution in [0.25, 0.3) is 0 Å². The Morgan fingerprint density at radius 2 is 1.76 bits per heavy atom. The van der Waals surface area contributed by atoms with Crippen molar-refractivity contribution in [2.75, 3.05) is 25.5 Å². The van der Waals surface area contributed by atoms with Crippen LogP contribution in [0.2, 0.25) is 0 Å². The first kappa shape index (κ1) is 21.2. The van der Waals surface area contributed by atoms with Crippen LogP contribution in [0.4, 0.5) is 10.1 Å². The molecule has 0 saturated carbocycles. The summed E-state index contributed by atoms with van der Waals surface area (Å²) in [7, 11) is 4.05. The molecule has 2 N–H and O–H groups in total. The maximum absolute atomic E-state index is 13.2. The molecule has 6 heteroatoms. The smallest absolute Gasteiger partial charge is 0.191 e. The third-order valence-electron chi connectivity index (χ3n) is 3.57. The van der Waals surface area contributed by atoms with Gasteiger partial charge >= 0.3 is 0 Å². The highest BCUT2D eigenvalue weighted by molar-refractivity contribution is 14.0. The lowest BCUT2D eigenvalue weighted by Gasteiger charge is -2.14. The number of nitrogens with one attached hydrogen (secondary N) is 2. The van der Waals surface area contributed by atoms with E-state index in [4.69, 9.17) is 0 Å². The van der Waals surface area contributed by atoms with E-state index < -0.39 is 0 Å². The number of aliphatic imine (C=N–C) groups is 1. The number of halogens is 2. The molecule has 0 aliphatic carbocycles. The Labute approximate surface area is 166 Å². The summed E-state index contributed by atoms with van der Waals surface area (Å²) >= 11 is 0. The molecule has 0 unspecified atom stereocenters. The summed E-state index contributed by atoms with van der Waals surface area (Å²) in [5, 5.41) is 6.51. The first-order valence-electron chi connectivity index (χ1n) is 8.11. The van der Waals surface area contributed by atoms with Crippen molar-refractivity contribution < 1.29 is 4.39 Å². The molecule has 0 radical (unpaired) electrons. The maximum atomic E-state index is 13.2. The van der Waals surface area contributed by atoms with E-state index in [0.717, 1.165) is 18.1 Å². The average molecular weight is 456 g/mol. The van der Waals surface area contributed by atoms with Crippen LogP contribution >= 0.6 is 24.0 Å². The summed E-state index contributed by atoms with van der Waals surface area (Å²) < 4.78 is 13.2. The first-order chi connectivity index (χ1) is 11.6. The monoisotopic (exact) mass is 456 g/mol. The van der Waals surface area contributed by atoms with Crippen molar-refractivity contribution in [1.29, 1.82) is 0 Å². The molecule has 0 saturated heterocycles. The van der Waals surface area contributed by atoms with Crippen LogP contribution in [0.1, 0.15) is 18.1 Å². The van der Waals surface area contributed by atoms with Crippen molar-refractivity contribution in [2.24, 2.45) is 4.99 Å². The van der Waals surface area contributed by atoms with Gasteiger partial charge in [-0.15, -0.1) is 24.0 Å². The molecule has 0 atom stereocenters. The van der Waals surface area contributed by atoms with Crippen molar-refractivity contribution in [3.8, 4) is 0 Å². The van der Waals surface area contributed by atoms with E-state index in [1.165, 1.54) is 23.4 Å². The molecule has 0 aliphatic rings. The second-order valence-corrected chi connectivity index (χ2v) is 5.74. The number of rotatable bonds is 6. The lowest BCUT2D eigenvalue weighted by atomic mass is 10.2. The van der Waals surface area contributed by atoms with Gasteiger partial charge in [-0.25, -0.2) is 9.38 Å². The highest BCUT2D eigenvalue weighted by Crippen LogP contribution is 2.12. The van der Waals surface area contributed by atoms with Crippen molar-refractivity contribution in [3.63, 3.8) is 0 Å². The molecule has 136 valence electrons. The zero-order chi connectivity index (χ0) is 17.4. The molecule has 25 heavy (non-hydrogen) atoms. The van der Waals surface area contributed by atoms with Gasteiger partial charge in [-0.05, 0) is 42.3 Å². The van der Waals surface area contributed by atoms with E-state index in [-0.39, 0.29) is 29.8 Å². The Balaban J connectivity index is 0.00000312. The van der Waals surface area contributed by atoms with Crippen LogP contribution in [-0.2, 0) is 13.1 Å². The highest BCUT2D eigenvalue weighted by Gasteiger charge is 2.00. The van der Waals surface area contributed by atoms with E-state index in [1.54, 1.807) is 6.07 Å². The molecule has 2 aromatic carbocycles. The Bertz CT molecular complexity index is 671. The second kappa shape index (κ2) is 10.9. The molecule has 2 aromatic rings. The van der Waals surface area contributed by atoms with Crippen LogP contribution < -0.4 is 15.5 Å². The van der Waals surface area contributed by atoms with Gasteiger partial charge in [0.2, 0.25) is 0 Å². The molecule has 2 rings (SSSR count). The highest BCUT2D eigenvalue weighted by atomic mass is 127. The second-order valence-electron chi connectivity index (χ2n) is 5.74. The summed E-state index contributed by atoms with van der Waals surface area (Å²) in [5.74, 6) is 0.486. The molecule has 4 nitrogen and oxygen atoms in total. The van der Waals surface area contributed by atoms with Gasteiger partial charge in [0.25, 0.3) is 0 Å². The predicted octanol–water partition coefficient (Wildman–Crippen LogP) is 3.77. The van der Waals surface area contributed by atoms with Gasteiger partial charge < -0.3 is 15.5 Å². The van der Waals surface area contributed by atoms with Crippen LogP contribution in [0.3, 0.4) is 0 Å². The minimum atomic E-state index is -0.235. The fraction of sp³-hybridized carbons (Fsp3) is 0.316. The molecular formula is C19H26FIN4. The average Bonchev–Trinajstić information content (AvgIpc) is 2.58. The fourth-order valence-corrected chi connectivity index (χ4v) is 2.25. The summed E-state index contributed by atoms with van der Waals surface area (Å²) in [5.41, 5.74) is 3.20. The van der Waals surface area contributed by atoms with Crippen molar-refractivity contribution in [1.82, 2.24) is 10.6 Å². The number of hydrogen-bond acceptors (Lipinski definition) is 2. The van der Waals surface area contributed by atoms with Gasteiger partial charge in [-0.2, -0.15) is 0 Å². The molecule has 0 spiro atoms. The standard InChI is InChI=1S/C19H25FN4.HI/c1-4-21-19(23-14-16-6-5-7-17(20)12-16)22-13-15-8-10-18(11-9-15)24(2)3;/h5-12H,4,13-14H2,1-3H3,(H2,21,22,23);1H. The van der Waals surface area contributed by atoms with Crippen LogP contribution in [0.15, 0.2) is 53.5 Å². The Kier molecular flexibility index (Phi) is 9.26. The fourth-order valence-electron chi connectivity index (χ4n) is 2.25. The van der Waals surface area contributed by atoms with Gasteiger partial charge in [0.15, 0.2) is 5.96 Å². The lowest BCUT2D eigenvalue weighted by molar-refractivity contribution is 0.625. The van der Waals surface area contributed by atoms with Gasteiger partial charge in [0, 0.05) is 32.9 Å². The molecule has 0 aliphatic heterocycles. The Morgan fingerprint density at radius 1 is 1.04 bits per heavy atom. The zero-order valence-corrected chi connectivity index (χ0v) is 17.3. The van der Waals surface area contributed by atoms with Gasteiger partial charge in [-0.3, -0.25) is 0 Å². The molecule has 0 amide bonds. The Morgan fingerprint density at radius 3 is 2.36 bits per heavy atom. The number of hydrogen-bond donors (Lipinski definition) is 2. The van der Waals surface area contributed by atoms with Crippen molar-refractivity contribution in [3.05, 3.63) is 65.5 Å². The number of nitrogens with zero attached hydrogens (tertiary/aromatic N) is 2. The molecular weight excluding hydrogens is 430 g/mol. The summed E-state index contributed by atoms with van der Waals surface area (Å²) in [4.78, 5) is 6.58. The third-order valence-corrected chi connectivity index (χ3v) is 3.57. The number of guanidine groups is 1. The first-order valence-corrected chi connectivity index (χ1v) is 8.11.